The zero-order valence-electron chi connectivity index (χ0n) is 6.48. The summed E-state index contributed by atoms with van der Waals surface area (Å²) in [5, 5.41) is 0. The van der Waals surface area contributed by atoms with Gasteiger partial charge in [0.2, 0.25) is 0 Å². The van der Waals surface area contributed by atoms with Crippen LogP contribution in [0.4, 0.5) is 39.5 Å². The lowest BCUT2D eigenvalue weighted by molar-refractivity contribution is -0.400. The highest BCUT2D eigenvalue weighted by Crippen LogP contribution is 2.51. The van der Waals surface area contributed by atoms with Crippen molar-refractivity contribution in [3.8, 4) is 0 Å². The molecular weight excluding hydrogens is 247 g/mol. The van der Waals surface area contributed by atoms with Crippen molar-refractivity contribution in [1.82, 2.24) is 5.43 Å². The summed E-state index contributed by atoms with van der Waals surface area (Å²) in [5.74, 6) is -9.86. The second-order valence-electron chi connectivity index (χ2n) is 2.37. The first kappa shape index (κ1) is 14.3. The molecule has 0 aliphatic heterocycles. The van der Waals surface area contributed by atoms with Crippen LogP contribution in [-0.2, 0) is 0 Å². The maximum absolute atomic E-state index is 12.1. The van der Waals surface area contributed by atoms with E-state index in [9.17, 15) is 39.5 Å². The minimum absolute atomic E-state index is 0.104. The molecule has 0 unspecified atom stereocenters. The van der Waals surface area contributed by atoms with E-state index in [4.69, 9.17) is 0 Å². The number of hydrogen-bond donors (Lipinski definition) is 2. The summed E-state index contributed by atoms with van der Waals surface area (Å²) in [5.41, 5.74) is -0.104. The van der Waals surface area contributed by atoms with Crippen molar-refractivity contribution < 1.29 is 39.5 Å². The Hall–Kier alpha value is -0.710. The number of nitrogens with one attached hydrogen (secondary N) is 1. The summed E-state index contributed by atoms with van der Waals surface area (Å²) in [6.07, 6.45) is -6.82. The van der Waals surface area contributed by atoms with Crippen LogP contribution in [0.1, 0.15) is 0 Å². The van der Waals surface area contributed by atoms with Crippen molar-refractivity contribution in [2.45, 2.75) is 24.1 Å². The Morgan fingerprint density at radius 1 is 0.667 bits per heavy atom. The Morgan fingerprint density at radius 3 is 1.20 bits per heavy atom. The van der Waals surface area contributed by atoms with Gasteiger partial charge in [-0.25, -0.2) is 0 Å². The SMILES string of the molecule is NNC(F)(F)C(F)(F)C(F)(F)C(F)(F)F. The Balaban J connectivity index is 5.38. The summed E-state index contributed by atoms with van der Waals surface area (Å²) < 4.78 is 106. The van der Waals surface area contributed by atoms with E-state index in [1.807, 2.05) is 0 Å². The van der Waals surface area contributed by atoms with Crippen LogP contribution in [0, 0.1) is 0 Å². The molecule has 0 saturated heterocycles. The fraction of sp³-hybridized carbons (Fsp3) is 1.00. The summed E-state index contributed by atoms with van der Waals surface area (Å²) in [6.45, 7) is 0. The Kier molecular flexibility index (Phi) is 3.24. The summed E-state index contributed by atoms with van der Waals surface area (Å²) >= 11 is 0. The lowest BCUT2D eigenvalue weighted by atomic mass is 10.1. The number of hydrogen-bond acceptors (Lipinski definition) is 2. The normalized spacial score (nSPS) is 15.6. The van der Waals surface area contributed by atoms with Gasteiger partial charge in [0.15, 0.2) is 0 Å². The Morgan fingerprint density at radius 2 is 1.00 bits per heavy atom. The molecule has 0 saturated carbocycles. The standard InChI is InChI=1S/C4H3F9N2/c5-1(6,3(9,10)11)2(7,8)4(12,13)15-14/h15H,14H2. The van der Waals surface area contributed by atoms with Gasteiger partial charge < -0.3 is 0 Å². The third-order valence-electron chi connectivity index (χ3n) is 1.33. The third-order valence-corrected chi connectivity index (χ3v) is 1.33. The van der Waals surface area contributed by atoms with Crippen LogP contribution in [0.5, 0.6) is 0 Å². The van der Waals surface area contributed by atoms with E-state index in [1.165, 1.54) is 0 Å². The second kappa shape index (κ2) is 3.40. The maximum Gasteiger partial charge on any atom is 0.460 e. The van der Waals surface area contributed by atoms with Crippen molar-refractivity contribution in [1.29, 1.82) is 0 Å². The summed E-state index contributed by atoms with van der Waals surface area (Å²) in [6, 6.07) is -5.90. The number of alkyl halides is 9. The van der Waals surface area contributed by atoms with Crippen LogP contribution in [0.25, 0.3) is 0 Å². The van der Waals surface area contributed by atoms with Crippen LogP contribution in [-0.4, -0.2) is 24.1 Å². The van der Waals surface area contributed by atoms with E-state index >= 15 is 0 Å². The molecule has 15 heavy (non-hydrogen) atoms. The molecule has 2 nitrogen and oxygen atoms in total. The highest BCUT2D eigenvalue weighted by Gasteiger charge is 2.81. The van der Waals surface area contributed by atoms with Crippen molar-refractivity contribution in [3.05, 3.63) is 0 Å². The molecule has 0 aromatic rings. The number of nitrogens with two attached hydrogens (primary N) is 1. The summed E-state index contributed by atoms with van der Waals surface area (Å²) in [4.78, 5) is 0. The van der Waals surface area contributed by atoms with Crippen LogP contribution in [0.2, 0.25) is 0 Å². The molecule has 0 aromatic carbocycles. The van der Waals surface area contributed by atoms with E-state index in [2.05, 4.69) is 5.84 Å². The molecule has 0 aromatic heterocycles. The molecule has 0 spiro atoms. The third kappa shape index (κ3) is 1.97. The van der Waals surface area contributed by atoms with Gasteiger partial charge in [-0.1, -0.05) is 0 Å². The first-order chi connectivity index (χ1) is 6.31. The van der Waals surface area contributed by atoms with Crippen LogP contribution >= 0.6 is 0 Å². The van der Waals surface area contributed by atoms with E-state index in [1.54, 1.807) is 0 Å². The molecule has 0 rings (SSSR count). The van der Waals surface area contributed by atoms with Gasteiger partial charge in [0.25, 0.3) is 0 Å². The first-order valence-electron chi connectivity index (χ1n) is 2.99. The molecule has 11 heteroatoms. The average Bonchev–Trinajstić information content (AvgIpc) is 2.01. The molecule has 0 heterocycles. The van der Waals surface area contributed by atoms with Gasteiger partial charge in [0, 0.05) is 0 Å². The van der Waals surface area contributed by atoms with Crippen LogP contribution in [0.3, 0.4) is 0 Å². The molecular formula is C4H3F9N2. The Bertz CT molecular complexity index is 231. The topological polar surface area (TPSA) is 38.0 Å². The molecule has 0 aliphatic carbocycles. The largest absolute Gasteiger partial charge is 0.460 e. The lowest BCUT2D eigenvalue weighted by Gasteiger charge is -2.32. The van der Waals surface area contributed by atoms with E-state index in [-0.39, 0.29) is 5.43 Å². The molecule has 0 radical (unpaired) electrons. The highest BCUT2D eigenvalue weighted by atomic mass is 19.4. The molecule has 3 N–H and O–H groups in total. The minimum atomic E-state index is -6.91. The predicted molar refractivity (Wildman–Crippen MR) is 28.2 cm³/mol. The zero-order chi connectivity index (χ0) is 12.7. The van der Waals surface area contributed by atoms with E-state index < -0.39 is 24.1 Å². The minimum Gasteiger partial charge on any atom is -0.266 e. The quantitative estimate of drug-likeness (QED) is 0.347. The van der Waals surface area contributed by atoms with Crippen molar-refractivity contribution in [3.63, 3.8) is 0 Å². The van der Waals surface area contributed by atoms with Gasteiger partial charge in [-0.3, -0.25) is 5.84 Å². The first-order valence-corrected chi connectivity index (χ1v) is 2.99. The van der Waals surface area contributed by atoms with Crippen LogP contribution in [0.15, 0.2) is 0 Å². The monoisotopic (exact) mass is 250 g/mol. The van der Waals surface area contributed by atoms with Gasteiger partial charge in [0.1, 0.15) is 0 Å². The van der Waals surface area contributed by atoms with E-state index in [0.29, 0.717) is 0 Å². The molecule has 0 aliphatic rings. The zero-order valence-corrected chi connectivity index (χ0v) is 6.48. The van der Waals surface area contributed by atoms with Crippen molar-refractivity contribution in [2.75, 3.05) is 0 Å². The highest BCUT2D eigenvalue weighted by molar-refractivity contribution is 4.98. The maximum atomic E-state index is 12.1. The van der Waals surface area contributed by atoms with Crippen molar-refractivity contribution in [2.24, 2.45) is 5.84 Å². The van der Waals surface area contributed by atoms with E-state index in [0.717, 1.165) is 0 Å². The van der Waals surface area contributed by atoms with Crippen LogP contribution < -0.4 is 11.3 Å². The number of halogens is 9. The average molecular weight is 250 g/mol. The predicted octanol–water partition coefficient (Wildman–Crippen LogP) is 1.88. The van der Waals surface area contributed by atoms with Gasteiger partial charge in [-0.2, -0.15) is 44.9 Å². The fourth-order valence-electron chi connectivity index (χ4n) is 0.466. The lowest BCUT2D eigenvalue weighted by Crippen LogP contribution is -2.66. The van der Waals surface area contributed by atoms with Gasteiger partial charge in [-0.15, -0.1) is 0 Å². The molecule has 0 atom stereocenters. The number of rotatable bonds is 3. The fourth-order valence-corrected chi connectivity index (χ4v) is 0.466. The smallest absolute Gasteiger partial charge is 0.266 e. The van der Waals surface area contributed by atoms with Gasteiger partial charge in [0.05, 0.1) is 0 Å². The van der Waals surface area contributed by atoms with Gasteiger partial charge >= 0.3 is 24.1 Å². The van der Waals surface area contributed by atoms with Crippen molar-refractivity contribution >= 4 is 0 Å². The molecule has 0 bridgehead atoms. The molecule has 0 amide bonds. The molecule has 0 fully saturated rings. The summed E-state index contributed by atoms with van der Waals surface area (Å²) in [7, 11) is 0. The Labute approximate surface area is 76.2 Å². The molecule has 92 valence electrons. The number of hydrazine groups is 1. The van der Waals surface area contributed by atoms with Gasteiger partial charge in [-0.05, 0) is 0 Å². The second-order valence-corrected chi connectivity index (χ2v) is 2.37.